The van der Waals surface area contributed by atoms with Gasteiger partial charge >= 0.3 is 6.09 Å². The van der Waals surface area contributed by atoms with Gasteiger partial charge < -0.3 is 14.2 Å². The Hall–Kier alpha value is -3.47. The Morgan fingerprint density at radius 1 is 0.897 bits per heavy atom. The highest BCUT2D eigenvalue weighted by molar-refractivity contribution is 5.89. The fraction of sp³-hybridized carbons (Fsp3) is 0.208. The zero-order chi connectivity index (χ0) is 20.4. The zero-order valence-corrected chi connectivity index (χ0v) is 16.7. The van der Waals surface area contributed by atoms with Crippen LogP contribution in [0.4, 0.5) is 10.5 Å². The first-order valence-corrected chi connectivity index (χ1v) is 9.44. The molecule has 0 fully saturated rings. The third-order valence-corrected chi connectivity index (χ3v) is 5.36. The molecule has 0 aromatic heterocycles. The second-order valence-electron chi connectivity index (χ2n) is 6.90. The van der Waals surface area contributed by atoms with Gasteiger partial charge in [0.05, 0.1) is 19.9 Å². The van der Waals surface area contributed by atoms with Crippen LogP contribution in [0, 0.1) is 0 Å². The lowest BCUT2D eigenvalue weighted by Gasteiger charge is -2.21. The van der Waals surface area contributed by atoms with Crippen LogP contribution in [-0.4, -0.2) is 34.0 Å². The molecule has 1 amide bonds. The molecule has 1 aliphatic carbocycles. The second kappa shape index (κ2) is 7.87. The molecule has 0 aliphatic heterocycles. The molecule has 0 saturated heterocycles. The molecular weight excluding hydrogens is 366 g/mol. The second-order valence-corrected chi connectivity index (χ2v) is 6.90. The summed E-state index contributed by atoms with van der Waals surface area (Å²) < 4.78 is 16.3. The Morgan fingerprint density at radius 2 is 1.52 bits per heavy atom. The molecule has 0 unspecified atom stereocenters. The minimum atomic E-state index is -0.435. The summed E-state index contributed by atoms with van der Waals surface area (Å²) in [7, 11) is 4.82. The first-order chi connectivity index (χ1) is 14.1. The first-order valence-electron chi connectivity index (χ1n) is 9.44. The van der Waals surface area contributed by atoms with Crippen molar-refractivity contribution in [2.24, 2.45) is 0 Å². The lowest BCUT2D eigenvalue weighted by atomic mass is 9.98. The molecule has 148 valence electrons. The maximum Gasteiger partial charge on any atom is 0.414 e. The molecule has 3 aromatic carbocycles. The van der Waals surface area contributed by atoms with Crippen LogP contribution in [-0.2, 0) is 4.74 Å². The number of rotatable bonds is 5. The van der Waals surface area contributed by atoms with Crippen LogP contribution in [0.15, 0.2) is 66.7 Å². The van der Waals surface area contributed by atoms with Gasteiger partial charge in [-0.25, -0.2) is 4.79 Å². The number of anilines is 1. The molecule has 1 aliphatic rings. The topological polar surface area (TPSA) is 48.0 Å². The lowest BCUT2D eigenvalue weighted by molar-refractivity contribution is 0.151. The van der Waals surface area contributed by atoms with Crippen LogP contribution < -0.4 is 14.4 Å². The van der Waals surface area contributed by atoms with Gasteiger partial charge in [0.25, 0.3) is 0 Å². The summed E-state index contributed by atoms with van der Waals surface area (Å²) in [6, 6.07) is 21.8. The highest BCUT2D eigenvalue weighted by atomic mass is 16.6. The molecule has 29 heavy (non-hydrogen) atoms. The fourth-order valence-electron chi connectivity index (χ4n) is 3.85. The number of methoxy groups -OCH3 is 2. The molecule has 5 heteroatoms. The van der Waals surface area contributed by atoms with Gasteiger partial charge in [0.2, 0.25) is 0 Å². The van der Waals surface area contributed by atoms with E-state index in [-0.39, 0.29) is 12.5 Å². The van der Waals surface area contributed by atoms with Crippen molar-refractivity contribution in [2.75, 3.05) is 32.8 Å². The number of carbonyl (C=O) groups excluding carboxylic acids is 1. The number of benzene rings is 3. The Balaban J connectivity index is 1.53. The van der Waals surface area contributed by atoms with Crippen LogP contribution in [0.3, 0.4) is 0 Å². The van der Waals surface area contributed by atoms with Gasteiger partial charge in [0.1, 0.15) is 18.1 Å². The number of ether oxygens (including phenoxy) is 3. The molecular formula is C24H23NO4. The maximum absolute atomic E-state index is 12.8. The van der Waals surface area contributed by atoms with Crippen molar-refractivity contribution < 1.29 is 19.0 Å². The van der Waals surface area contributed by atoms with E-state index in [1.165, 1.54) is 27.2 Å². The third-order valence-electron chi connectivity index (χ3n) is 5.36. The monoisotopic (exact) mass is 389 g/mol. The molecule has 5 nitrogen and oxygen atoms in total. The highest BCUT2D eigenvalue weighted by Crippen LogP contribution is 2.44. The predicted molar refractivity (Wildman–Crippen MR) is 113 cm³/mol. The third kappa shape index (κ3) is 3.40. The summed E-state index contributed by atoms with van der Waals surface area (Å²) in [4.78, 5) is 14.2. The van der Waals surface area contributed by atoms with E-state index in [4.69, 9.17) is 14.2 Å². The maximum atomic E-state index is 12.8. The van der Waals surface area contributed by atoms with Gasteiger partial charge in [-0.05, 0) is 34.4 Å². The zero-order valence-electron chi connectivity index (χ0n) is 16.7. The Morgan fingerprint density at radius 3 is 2.10 bits per heavy atom. The van der Waals surface area contributed by atoms with E-state index >= 15 is 0 Å². The highest BCUT2D eigenvalue weighted by Gasteiger charge is 2.29. The summed E-state index contributed by atoms with van der Waals surface area (Å²) in [5.74, 6) is 1.23. The summed E-state index contributed by atoms with van der Waals surface area (Å²) in [6.07, 6.45) is -0.435. The Bertz CT molecular complexity index is 1000. The fourth-order valence-corrected chi connectivity index (χ4v) is 3.85. The van der Waals surface area contributed by atoms with Gasteiger partial charge in [-0.1, -0.05) is 48.5 Å². The summed E-state index contributed by atoms with van der Waals surface area (Å²) >= 11 is 0. The average Bonchev–Trinajstić information content (AvgIpc) is 3.10. The number of amides is 1. The van der Waals surface area contributed by atoms with Crippen molar-refractivity contribution in [1.82, 2.24) is 0 Å². The van der Waals surface area contributed by atoms with Crippen LogP contribution in [0.1, 0.15) is 17.0 Å². The van der Waals surface area contributed by atoms with Crippen molar-refractivity contribution in [1.29, 1.82) is 0 Å². The number of hydrogen-bond donors (Lipinski definition) is 0. The van der Waals surface area contributed by atoms with E-state index in [1.807, 2.05) is 24.3 Å². The number of nitrogens with zero attached hydrogens (tertiary/aromatic N) is 1. The van der Waals surface area contributed by atoms with Crippen LogP contribution in [0.5, 0.6) is 11.5 Å². The molecule has 0 radical (unpaired) electrons. The van der Waals surface area contributed by atoms with E-state index in [1.54, 1.807) is 39.5 Å². The normalized spacial score (nSPS) is 12.1. The van der Waals surface area contributed by atoms with E-state index in [2.05, 4.69) is 24.3 Å². The standard InChI is InChI=1S/C24H23NO4/c1-25(22-13-12-16(27-2)14-23(22)28-3)24(26)29-15-21-19-10-6-4-8-17(19)18-9-5-7-11-20(18)21/h4-14,21H,15H2,1-3H3. The lowest BCUT2D eigenvalue weighted by Crippen LogP contribution is -2.28. The molecule has 3 aromatic rings. The van der Waals surface area contributed by atoms with E-state index < -0.39 is 6.09 Å². The summed E-state index contributed by atoms with van der Waals surface area (Å²) in [5, 5.41) is 0. The van der Waals surface area contributed by atoms with Crippen LogP contribution in [0.25, 0.3) is 11.1 Å². The van der Waals surface area contributed by atoms with E-state index in [0.29, 0.717) is 17.2 Å². The van der Waals surface area contributed by atoms with Gasteiger partial charge in [-0.15, -0.1) is 0 Å². The SMILES string of the molecule is COc1ccc(N(C)C(=O)OCC2c3ccccc3-c3ccccc32)c(OC)c1. The average molecular weight is 389 g/mol. The molecule has 0 saturated carbocycles. The summed E-state index contributed by atoms with van der Waals surface area (Å²) in [6.45, 7) is 0.273. The van der Waals surface area contributed by atoms with Gasteiger partial charge in [-0.2, -0.15) is 0 Å². The van der Waals surface area contributed by atoms with Crippen molar-refractivity contribution in [3.05, 3.63) is 77.9 Å². The smallest absolute Gasteiger partial charge is 0.414 e. The largest absolute Gasteiger partial charge is 0.497 e. The molecule has 0 N–H and O–H groups in total. The van der Waals surface area contributed by atoms with Crippen LogP contribution in [0.2, 0.25) is 0 Å². The predicted octanol–water partition coefficient (Wildman–Crippen LogP) is 5.09. The minimum absolute atomic E-state index is 0.0255. The van der Waals surface area contributed by atoms with Crippen molar-refractivity contribution in [3.63, 3.8) is 0 Å². The molecule has 0 heterocycles. The Labute approximate surface area is 170 Å². The number of carbonyl (C=O) groups is 1. The van der Waals surface area contributed by atoms with Crippen molar-refractivity contribution in [2.45, 2.75) is 5.92 Å². The molecule has 0 atom stereocenters. The van der Waals surface area contributed by atoms with Crippen molar-refractivity contribution >= 4 is 11.8 Å². The quantitative estimate of drug-likeness (QED) is 0.610. The van der Waals surface area contributed by atoms with Gasteiger partial charge in [0, 0.05) is 19.0 Å². The summed E-state index contributed by atoms with van der Waals surface area (Å²) in [5.41, 5.74) is 5.39. The number of hydrogen-bond acceptors (Lipinski definition) is 4. The van der Waals surface area contributed by atoms with E-state index in [0.717, 1.165) is 0 Å². The molecule has 4 rings (SSSR count). The minimum Gasteiger partial charge on any atom is -0.497 e. The first kappa shape index (κ1) is 18.9. The van der Waals surface area contributed by atoms with E-state index in [9.17, 15) is 4.79 Å². The number of fused-ring (bicyclic) bond motifs is 3. The van der Waals surface area contributed by atoms with Crippen molar-refractivity contribution in [3.8, 4) is 22.6 Å². The van der Waals surface area contributed by atoms with Crippen LogP contribution >= 0.6 is 0 Å². The molecule has 0 bridgehead atoms. The Kier molecular flexibility index (Phi) is 5.12. The van der Waals surface area contributed by atoms with Gasteiger partial charge in [0.15, 0.2) is 0 Å². The molecule has 0 spiro atoms. The van der Waals surface area contributed by atoms with Gasteiger partial charge in [-0.3, -0.25) is 4.90 Å².